The number of ether oxygens (including phenoxy) is 1. The van der Waals surface area contributed by atoms with Crippen LogP contribution in [0.1, 0.15) is 37.4 Å². The third-order valence-corrected chi connectivity index (χ3v) is 2.85. The van der Waals surface area contributed by atoms with Crippen LogP contribution >= 0.6 is 0 Å². The predicted octanol–water partition coefficient (Wildman–Crippen LogP) is 2.36. The molecular formula is C12H21N3O. The van der Waals surface area contributed by atoms with Crippen LogP contribution in [0.3, 0.4) is 0 Å². The second-order valence-electron chi connectivity index (χ2n) is 4.47. The monoisotopic (exact) mass is 223 g/mol. The maximum absolute atomic E-state index is 5.02. The summed E-state index contributed by atoms with van der Waals surface area (Å²) in [6, 6.07) is 0.697. The molecule has 16 heavy (non-hydrogen) atoms. The van der Waals surface area contributed by atoms with Gasteiger partial charge < -0.3 is 14.6 Å². The van der Waals surface area contributed by atoms with E-state index in [0.29, 0.717) is 6.04 Å². The molecule has 0 radical (unpaired) electrons. The van der Waals surface area contributed by atoms with Gasteiger partial charge in [-0.25, -0.2) is 4.98 Å². The highest BCUT2D eigenvalue weighted by Crippen LogP contribution is 2.37. The van der Waals surface area contributed by atoms with Crippen molar-refractivity contribution < 1.29 is 4.74 Å². The van der Waals surface area contributed by atoms with E-state index >= 15 is 0 Å². The number of nitrogens with one attached hydrogen (secondary N) is 1. The lowest BCUT2D eigenvalue weighted by molar-refractivity contribution is 0.193. The number of imidazole rings is 1. The molecule has 0 amide bonds. The average Bonchev–Trinajstić information content (AvgIpc) is 3.03. The second kappa shape index (κ2) is 5.34. The third kappa shape index (κ3) is 2.98. The number of aryl methyl sites for hydroxylation is 1. The minimum absolute atomic E-state index is 0.697. The second-order valence-corrected chi connectivity index (χ2v) is 4.47. The zero-order valence-corrected chi connectivity index (χ0v) is 10.2. The van der Waals surface area contributed by atoms with Crippen molar-refractivity contribution in [3.63, 3.8) is 0 Å². The van der Waals surface area contributed by atoms with Crippen molar-refractivity contribution in [2.45, 2.75) is 38.6 Å². The lowest BCUT2D eigenvalue weighted by atomic mass is 10.3. The van der Waals surface area contributed by atoms with Crippen molar-refractivity contribution in [1.29, 1.82) is 0 Å². The van der Waals surface area contributed by atoms with Crippen molar-refractivity contribution in [2.24, 2.45) is 0 Å². The standard InChI is InChI=1S/C12H21N3O/c1-10-9-15(11-5-6-11)12(14-10)13-7-3-4-8-16-2/h9,11H,3-8H2,1-2H3,(H,13,14). The molecule has 1 fully saturated rings. The number of unbranched alkanes of at least 4 members (excludes halogenated alkanes) is 1. The molecule has 1 aliphatic carbocycles. The SMILES string of the molecule is COCCCCNc1nc(C)cn1C1CC1. The summed E-state index contributed by atoms with van der Waals surface area (Å²) < 4.78 is 7.30. The van der Waals surface area contributed by atoms with Gasteiger partial charge in [-0.3, -0.25) is 0 Å². The van der Waals surface area contributed by atoms with Gasteiger partial charge in [0.1, 0.15) is 0 Å². The molecule has 1 saturated carbocycles. The number of hydrogen-bond acceptors (Lipinski definition) is 3. The first-order valence-electron chi connectivity index (χ1n) is 6.09. The Balaban J connectivity index is 1.79. The quantitative estimate of drug-likeness (QED) is 0.721. The van der Waals surface area contributed by atoms with Crippen LogP contribution in [0.25, 0.3) is 0 Å². The van der Waals surface area contributed by atoms with Crippen molar-refractivity contribution in [2.75, 3.05) is 25.6 Å². The minimum atomic E-state index is 0.697. The average molecular weight is 223 g/mol. The zero-order valence-electron chi connectivity index (χ0n) is 10.2. The number of nitrogens with zero attached hydrogens (tertiary/aromatic N) is 2. The Kier molecular flexibility index (Phi) is 3.83. The first kappa shape index (κ1) is 11.5. The van der Waals surface area contributed by atoms with Crippen molar-refractivity contribution in [3.8, 4) is 0 Å². The van der Waals surface area contributed by atoms with Crippen LogP contribution in [0.4, 0.5) is 5.95 Å². The van der Waals surface area contributed by atoms with E-state index in [0.717, 1.165) is 37.6 Å². The normalized spacial score (nSPS) is 15.4. The third-order valence-electron chi connectivity index (χ3n) is 2.85. The van der Waals surface area contributed by atoms with Gasteiger partial charge in [0.2, 0.25) is 5.95 Å². The van der Waals surface area contributed by atoms with E-state index in [1.807, 2.05) is 0 Å². The summed E-state index contributed by atoms with van der Waals surface area (Å²) >= 11 is 0. The first-order valence-corrected chi connectivity index (χ1v) is 6.09. The van der Waals surface area contributed by atoms with Gasteiger partial charge in [-0.15, -0.1) is 0 Å². The van der Waals surface area contributed by atoms with Gasteiger partial charge in [-0.2, -0.15) is 0 Å². The summed E-state index contributed by atoms with van der Waals surface area (Å²) in [5, 5.41) is 3.41. The van der Waals surface area contributed by atoms with Crippen LogP contribution in [-0.2, 0) is 4.74 Å². The molecule has 1 heterocycles. The van der Waals surface area contributed by atoms with Gasteiger partial charge in [0.05, 0.1) is 5.69 Å². The zero-order chi connectivity index (χ0) is 11.4. The van der Waals surface area contributed by atoms with Crippen LogP contribution in [0, 0.1) is 6.92 Å². The largest absolute Gasteiger partial charge is 0.385 e. The van der Waals surface area contributed by atoms with Crippen molar-refractivity contribution in [3.05, 3.63) is 11.9 Å². The molecular weight excluding hydrogens is 202 g/mol. The fourth-order valence-corrected chi connectivity index (χ4v) is 1.85. The Labute approximate surface area is 97.0 Å². The Morgan fingerprint density at radius 2 is 2.31 bits per heavy atom. The van der Waals surface area contributed by atoms with Crippen LogP contribution < -0.4 is 5.32 Å². The highest BCUT2D eigenvalue weighted by atomic mass is 16.5. The number of rotatable bonds is 7. The molecule has 90 valence electrons. The van der Waals surface area contributed by atoms with Gasteiger partial charge in [-0.1, -0.05) is 0 Å². The molecule has 2 rings (SSSR count). The Bertz CT molecular complexity index is 331. The highest BCUT2D eigenvalue weighted by molar-refractivity contribution is 5.30. The van der Waals surface area contributed by atoms with Crippen LogP contribution in [0.2, 0.25) is 0 Å². The molecule has 0 atom stereocenters. The van der Waals surface area contributed by atoms with E-state index in [9.17, 15) is 0 Å². The Hall–Kier alpha value is -1.03. The van der Waals surface area contributed by atoms with Crippen LogP contribution in [-0.4, -0.2) is 29.8 Å². The molecule has 1 N–H and O–H groups in total. The van der Waals surface area contributed by atoms with Gasteiger partial charge in [0.25, 0.3) is 0 Å². The maximum atomic E-state index is 5.02. The van der Waals surface area contributed by atoms with Crippen LogP contribution in [0.5, 0.6) is 0 Å². The topological polar surface area (TPSA) is 39.1 Å². The molecule has 0 unspecified atom stereocenters. The molecule has 0 bridgehead atoms. The van der Waals surface area contributed by atoms with E-state index in [2.05, 4.69) is 28.0 Å². The van der Waals surface area contributed by atoms with Gasteiger partial charge in [0, 0.05) is 32.5 Å². The predicted molar refractivity (Wildman–Crippen MR) is 64.8 cm³/mol. The number of hydrogen-bond donors (Lipinski definition) is 1. The molecule has 1 aromatic rings. The number of anilines is 1. The fraction of sp³-hybridized carbons (Fsp3) is 0.750. The maximum Gasteiger partial charge on any atom is 0.203 e. The van der Waals surface area contributed by atoms with Crippen molar-refractivity contribution in [1.82, 2.24) is 9.55 Å². The lowest BCUT2D eigenvalue weighted by Gasteiger charge is -2.08. The molecule has 1 aliphatic rings. The van der Waals surface area contributed by atoms with Crippen LogP contribution in [0.15, 0.2) is 6.20 Å². The summed E-state index contributed by atoms with van der Waals surface area (Å²) in [6.07, 6.45) is 6.98. The van der Waals surface area contributed by atoms with E-state index in [1.165, 1.54) is 12.8 Å². The summed E-state index contributed by atoms with van der Waals surface area (Å²) in [5.41, 5.74) is 1.10. The molecule has 4 nitrogen and oxygen atoms in total. The van der Waals surface area contributed by atoms with Gasteiger partial charge >= 0.3 is 0 Å². The molecule has 1 aromatic heterocycles. The lowest BCUT2D eigenvalue weighted by Crippen LogP contribution is -2.08. The van der Waals surface area contributed by atoms with Gasteiger partial charge in [-0.05, 0) is 32.6 Å². The summed E-state index contributed by atoms with van der Waals surface area (Å²) in [4.78, 5) is 4.51. The van der Waals surface area contributed by atoms with E-state index in [4.69, 9.17) is 4.74 Å². The number of methoxy groups -OCH3 is 1. The summed E-state index contributed by atoms with van der Waals surface area (Å²) in [5.74, 6) is 1.04. The van der Waals surface area contributed by atoms with E-state index in [-0.39, 0.29) is 0 Å². The molecule has 4 heteroatoms. The summed E-state index contributed by atoms with van der Waals surface area (Å²) in [7, 11) is 1.75. The summed E-state index contributed by atoms with van der Waals surface area (Å²) in [6.45, 7) is 3.87. The number of aromatic nitrogens is 2. The molecule has 0 saturated heterocycles. The molecule has 0 aliphatic heterocycles. The smallest absolute Gasteiger partial charge is 0.203 e. The van der Waals surface area contributed by atoms with Gasteiger partial charge in [0.15, 0.2) is 0 Å². The van der Waals surface area contributed by atoms with E-state index in [1.54, 1.807) is 7.11 Å². The molecule has 0 spiro atoms. The highest BCUT2D eigenvalue weighted by Gasteiger charge is 2.25. The Morgan fingerprint density at radius 3 is 3.00 bits per heavy atom. The minimum Gasteiger partial charge on any atom is -0.385 e. The fourth-order valence-electron chi connectivity index (χ4n) is 1.85. The Morgan fingerprint density at radius 1 is 1.50 bits per heavy atom. The molecule has 0 aromatic carbocycles. The van der Waals surface area contributed by atoms with E-state index < -0.39 is 0 Å². The first-order chi connectivity index (χ1) is 7.81. The van der Waals surface area contributed by atoms with Crippen molar-refractivity contribution >= 4 is 5.95 Å².